The summed E-state index contributed by atoms with van der Waals surface area (Å²) in [7, 11) is 1.92. The van der Waals surface area contributed by atoms with Gasteiger partial charge in [-0.05, 0) is 30.3 Å². The van der Waals surface area contributed by atoms with Crippen molar-refractivity contribution < 1.29 is 19.8 Å². The van der Waals surface area contributed by atoms with E-state index in [1.165, 1.54) is 28.6 Å². The highest BCUT2D eigenvalue weighted by Gasteiger charge is 2.06. The number of thiophene rings is 1. The normalized spacial score (nSPS) is 9.78. The van der Waals surface area contributed by atoms with Crippen molar-refractivity contribution in [3.05, 3.63) is 59.8 Å². The molecule has 23 heavy (non-hydrogen) atoms. The van der Waals surface area contributed by atoms with Gasteiger partial charge in [0.15, 0.2) is 0 Å². The number of fused-ring (bicyclic) bond motifs is 1. The van der Waals surface area contributed by atoms with E-state index in [-0.39, 0.29) is 11.1 Å². The Kier molecular flexibility index (Phi) is 5.27. The Labute approximate surface area is 136 Å². The maximum atomic E-state index is 10.4. The van der Waals surface area contributed by atoms with Crippen LogP contribution in [0, 0.1) is 0 Å². The summed E-state index contributed by atoms with van der Waals surface area (Å²) in [4.78, 5) is 26.1. The molecule has 1 aromatic carbocycles. The highest BCUT2D eigenvalue weighted by atomic mass is 32.1. The summed E-state index contributed by atoms with van der Waals surface area (Å²) in [6.45, 7) is 0. The molecule has 6 nitrogen and oxygen atoms in total. The highest BCUT2D eigenvalue weighted by Crippen LogP contribution is 2.26. The first kappa shape index (κ1) is 16.4. The molecular weight excluding hydrogens is 316 g/mol. The van der Waals surface area contributed by atoms with E-state index in [0.717, 1.165) is 10.9 Å². The van der Waals surface area contributed by atoms with E-state index in [1.807, 2.05) is 19.3 Å². The molecule has 0 aliphatic carbocycles. The number of anilines is 1. The SMILES string of the molecule is CNc1cc2cccnc2s1.O=C(O)c1cccc(C(=O)O)c1. The van der Waals surface area contributed by atoms with Crippen LogP contribution in [0.15, 0.2) is 48.7 Å². The van der Waals surface area contributed by atoms with Crippen molar-refractivity contribution in [2.45, 2.75) is 0 Å². The largest absolute Gasteiger partial charge is 0.478 e. The molecular formula is C16H14N2O4S. The average Bonchev–Trinajstić information content (AvgIpc) is 2.98. The fourth-order valence-electron chi connectivity index (χ4n) is 1.78. The second-order valence-corrected chi connectivity index (χ2v) is 5.48. The number of rotatable bonds is 3. The van der Waals surface area contributed by atoms with E-state index >= 15 is 0 Å². The number of hydrogen-bond acceptors (Lipinski definition) is 5. The van der Waals surface area contributed by atoms with Gasteiger partial charge in [0.25, 0.3) is 0 Å². The maximum absolute atomic E-state index is 10.4. The lowest BCUT2D eigenvalue weighted by atomic mass is 10.1. The van der Waals surface area contributed by atoms with E-state index in [1.54, 1.807) is 11.3 Å². The standard InChI is InChI=1S/C8H8N2S.C8H6O4/c1-9-7-5-6-3-2-4-10-8(6)11-7;9-7(10)5-2-1-3-6(4-5)8(11)12/h2-5,9H,1H3;1-4H,(H,9,10)(H,11,12). The molecule has 0 spiro atoms. The van der Waals surface area contributed by atoms with Gasteiger partial charge in [-0.2, -0.15) is 0 Å². The lowest BCUT2D eigenvalue weighted by molar-refractivity contribution is 0.0696. The van der Waals surface area contributed by atoms with Crippen LogP contribution < -0.4 is 5.32 Å². The van der Waals surface area contributed by atoms with Gasteiger partial charge in [0.2, 0.25) is 0 Å². The third-order valence-electron chi connectivity index (χ3n) is 2.90. The summed E-state index contributed by atoms with van der Waals surface area (Å²) < 4.78 is 0. The second-order valence-electron chi connectivity index (χ2n) is 4.45. The Morgan fingerprint density at radius 1 is 1.04 bits per heavy atom. The lowest BCUT2D eigenvalue weighted by Gasteiger charge is -1.95. The quantitative estimate of drug-likeness (QED) is 0.680. The van der Waals surface area contributed by atoms with Crippen LogP contribution in [0.5, 0.6) is 0 Å². The summed E-state index contributed by atoms with van der Waals surface area (Å²) >= 11 is 1.68. The minimum Gasteiger partial charge on any atom is -0.478 e. The molecule has 0 bridgehead atoms. The third kappa shape index (κ3) is 4.27. The minimum atomic E-state index is -1.13. The highest BCUT2D eigenvalue weighted by molar-refractivity contribution is 7.22. The van der Waals surface area contributed by atoms with Gasteiger partial charge in [0, 0.05) is 18.6 Å². The van der Waals surface area contributed by atoms with Crippen molar-refractivity contribution in [2.75, 3.05) is 12.4 Å². The van der Waals surface area contributed by atoms with Crippen molar-refractivity contribution in [1.82, 2.24) is 4.98 Å². The van der Waals surface area contributed by atoms with Crippen LogP contribution in [0.2, 0.25) is 0 Å². The fraction of sp³-hybridized carbons (Fsp3) is 0.0625. The first-order valence-electron chi connectivity index (χ1n) is 6.60. The molecule has 0 saturated heterocycles. The van der Waals surface area contributed by atoms with Crippen LogP contribution in [-0.2, 0) is 0 Å². The van der Waals surface area contributed by atoms with Gasteiger partial charge in [-0.15, -0.1) is 0 Å². The number of carbonyl (C=O) groups is 2. The predicted molar refractivity (Wildman–Crippen MR) is 89.5 cm³/mol. The Bertz CT molecular complexity index is 782. The van der Waals surface area contributed by atoms with Crippen LogP contribution in [0.4, 0.5) is 5.00 Å². The van der Waals surface area contributed by atoms with Gasteiger partial charge in [-0.1, -0.05) is 23.5 Å². The van der Waals surface area contributed by atoms with Gasteiger partial charge in [-0.25, -0.2) is 14.6 Å². The molecule has 7 heteroatoms. The summed E-state index contributed by atoms with van der Waals surface area (Å²) in [5.74, 6) is -2.25. The number of hydrogen-bond donors (Lipinski definition) is 3. The Balaban J connectivity index is 0.000000167. The Morgan fingerprint density at radius 3 is 2.22 bits per heavy atom. The molecule has 0 atom stereocenters. The maximum Gasteiger partial charge on any atom is 0.335 e. The van der Waals surface area contributed by atoms with Crippen LogP contribution >= 0.6 is 11.3 Å². The number of pyridine rings is 1. The number of nitrogens with zero attached hydrogens (tertiary/aromatic N) is 1. The van der Waals surface area contributed by atoms with Crippen molar-refractivity contribution in [3.8, 4) is 0 Å². The minimum absolute atomic E-state index is 0.0186. The van der Waals surface area contributed by atoms with Crippen molar-refractivity contribution in [2.24, 2.45) is 0 Å². The monoisotopic (exact) mass is 330 g/mol. The van der Waals surface area contributed by atoms with E-state index < -0.39 is 11.9 Å². The van der Waals surface area contributed by atoms with Gasteiger partial charge in [-0.3, -0.25) is 0 Å². The molecule has 0 radical (unpaired) electrons. The van der Waals surface area contributed by atoms with Crippen LogP contribution in [0.3, 0.4) is 0 Å². The second kappa shape index (κ2) is 7.37. The Hall–Kier alpha value is -2.93. The number of carboxylic acid groups (broad SMARTS) is 2. The van der Waals surface area contributed by atoms with Crippen LogP contribution in [0.1, 0.15) is 20.7 Å². The average molecular weight is 330 g/mol. The smallest absolute Gasteiger partial charge is 0.335 e. The zero-order chi connectivity index (χ0) is 16.8. The number of carboxylic acids is 2. The molecule has 3 rings (SSSR count). The number of benzene rings is 1. The van der Waals surface area contributed by atoms with Gasteiger partial charge < -0.3 is 15.5 Å². The van der Waals surface area contributed by atoms with E-state index in [0.29, 0.717) is 0 Å². The van der Waals surface area contributed by atoms with E-state index in [9.17, 15) is 9.59 Å². The Morgan fingerprint density at radius 2 is 1.70 bits per heavy atom. The van der Waals surface area contributed by atoms with Gasteiger partial charge in [0.05, 0.1) is 16.1 Å². The van der Waals surface area contributed by atoms with Gasteiger partial charge in [0.1, 0.15) is 4.83 Å². The van der Waals surface area contributed by atoms with Crippen molar-refractivity contribution in [3.63, 3.8) is 0 Å². The zero-order valence-corrected chi connectivity index (χ0v) is 13.0. The molecule has 3 N–H and O–H groups in total. The van der Waals surface area contributed by atoms with Crippen molar-refractivity contribution >= 4 is 38.5 Å². The van der Waals surface area contributed by atoms with E-state index in [2.05, 4.69) is 22.4 Å². The van der Waals surface area contributed by atoms with Crippen LogP contribution in [0.25, 0.3) is 10.2 Å². The van der Waals surface area contributed by atoms with Crippen LogP contribution in [-0.4, -0.2) is 34.2 Å². The fourth-order valence-corrected chi connectivity index (χ4v) is 2.64. The molecule has 0 aliphatic heterocycles. The first-order valence-corrected chi connectivity index (χ1v) is 7.42. The summed E-state index contributed by atoms with van der Waals surface area (Å²) in [6.07, 6.45) is 1.82. The summed E-state index contributed by atoms with van der Waals surface area (Å²) in [5.41, 5.74) is -0.0372. The lowest BCUT2D eigenvalue weighted by Crippen LogP contribution is -2.01. The predicted octanol–water partition coefficient (Wildman–Crippen LogP) is 3.42. The molecule has 0 aliphatic rings. The third-order valence-corrected chi connectivity index (χ3v) is 3.97. The van der Waals surface area contributed by atoms with Gasteiger partial charge >= 0.3 is 11.9 Å². The number of aromatic nitrogens is 1. The molecule has 0 amide bonds. The number of nitrogens with one attached hydrogen (secondary N) is 1. The molecule has 0 fully saturated rings. The molecule has 3 aromatic rings. The number of aromatic carboxylic acids is 2. The zero-order valence-electron chi connectivity index (χ0n) is 12.2. The first-order chi connectivity index (χ1) is 11.0. The van der Waals surface area contributed by atoms with Crippen molar-refractivity contribution in [1.29, 1.82) is 0 Å². The molecule has 2 aromatic heterocycles. The molecule has 2 heterocycles. The molecule has 0 unspecified atom stereocenters. The molecule has 0 saturated carbocycles. The molecule has 118 valence electrons. The summed E-state index contributed by atoms with van der Waals surface area (Å²) in [5, 5.41) is 22.5. The summed E-state index contributed by atoms with van der Waals surface area (Å²) in [6, 6.07) is 11.3. The topological polar surface area (TPSA) is 99.5 Å². The van der Waals surface area contributed by atoms with E-state index in [4.69, 9.17) is 10.2 Å².